The predicted octanol–water partition coefficient (Wildman–Crippen LogP) is 7.78. The van der Waals surface area contributed by atoms with E-state index in [1.807, 2.05) is 29.3 Å². The Balaban J connectivity index is 1.26. The van der Waals surface area contributed by atoms with Crippen molar-refractivity contribution in [2.45, 2.75) is 24.8 Å². The number of hydrogen-bond acceptors (Lipinski definition) is 7. The molecule has 1 saturated heterocycles. The number of rotatable bonds is 9. The summed E-state index contributed by atoms with van der Waals surface area (Å²) >= 11 is 6.72. The molecular formula is C33H32BrN3O3S2. The number of hydrogen-bond donors (Lipinski definition) is 1. The van der Waals surface area contributed by atoms with Gasteiger partial charge in [-0.3, -0.25) is 4.79 Å². The fraction of sp³-hybridized carbons (Fsp3) is 0.242. The van der Waals surface area contributed by atoms with Crippen LogP contribution in [-0.4, -0.2) is 48.6 Å². The average molecular weight is 663 g/mol. The predicted molar refractivity (Wildman–Crippen MR) is 177 cm³/mol. The number of aryl methyl sites for hydroxylation is 1. The fourth-order valence-corrected chi connectivity index (χ4v) is 7.86. The van der Waals surface area contributed by atoms with Gasteiger partial charge in [0.1, 0.15) is 22.8 Å². The molecule has 0 spiro atoms. The van der Waals surface area contributed by atoms with Crippen LogP contribution < -0.4 is 9.21 Å². The summed E-state index contributed by atoms with van der Waals surface area (Å²) in [6.45, 7) is 5.61. The number of carbonyl (C=O) groups excluding carboxylic acids is 1. The zero-order valence-corrected chi connectivity index (χ0v) is 26.6. The molecule has 2 aromatic heterocycles. The van der Waals surface area contributed by atoms with Gasteiger partial charge in [-0.2, -0.15) is 0 Å². The molecule has 1 aliphatic rings. The van der Waals surface area contributed by atoms with Crippen LogP contribution in [0.25, 0.3) is 11.0 Å². The zero-order chi connectivity index (χ0) is 29.1. The first-order valence-corrected chi connectivity index (χ1v) is 16.4. The van der Waals surface area contributed by atoms with Crippen molar-refractivity contribution in [1.29, 1.82) is 0 Å². The number of halogens is 1. The lowest BCUT2D eigenvalue weighted by atomic mass is 10.1. The van der Waals surface area contributed by atoms with Crippen LogP contribution in [0, 0.1) is 6.92 Å². The van der Waals surface area contributed by atoms with E-state index in [9.17, 15) is 9.90 Å². The van der Waals surface area contributed by atoms with E-state index in [1.54, 1.807) is 11.9 Å². The number of para-hydroxylation sites is 2. The molecule has 6 nitrogen and oxygen atoms in total. The van der Waals surface area contributed by atoms with Gasteiger partial charge in [0.05, 0.1) is 11.4 Å². The Labute approximate surface area is 262 Å². The van der Waals surface area contributed by atoms with Crippen molar-refractivity contribution in [1.82, 2.24) is 4.90 Å². The SMILES string of the molecule is Cc1c(CO)oc2ccc(SN(CCc3ccccc3)c3ccccc3N3CCN(C(=O)c4sccc4Br)CC3)cc12. The number of nitrogens with zero attached hydrogens (tertiary/aromatic N) is 3. The maximum atomic E-state index is 13.1. The highest BCUT2D eigenvalue weighted by Crippen LogP contribution is 2.39. The van der Waals surface area contributed by atoms with Gasteiger partial charge in [0.2, 0.25) is 0 Å². The fourth-order valence-electron chi connectivity index (χ4n) is 5.36. The first kappa shape index (κ1) is 28.9. The summed E-state index contributed by atoms with van der Waals surface area (Å²) in [5.74, 6) is 0.710. The van der Waals surface area contributed by atoms with E-state index in [4.69, 9.17) is 4.42 Å². The number of fused-ring (bicyclic) bond motifs is 1. The molecule has 0 radical (unpaired) electrons. The number of furan rings is 1. The van der Waals surface area contributed by atoms with E-state index < -0.39 is 0 Å². The molecule has 0 bridgehead atoms. The van der Waals surface area contributed by atoms with E-state index in [0.29, 0.717) is 18.8 Å². The Morgan fingerprint density at radius 2 is 1.79 bits per heavy atom. The van der Waals surface area contributed by atoms with E-state index in [0.717, 1.165) is 62.5 Å². The van der Waals surface area contributed by atoms with Gasteiger partial charge in [-0.25, -0.2) is 0 Å². The van der Waals surface area contributed by atoms with Gasteiger partial charge >= 0.3 is 0 Å². The van der Waals surface area contributed by atoms with Crippen LogP contribution in [0.15, 0.2) is 98.0 Å². The molecule has 1 N–H and O–H groups in total. The molecule has 3 aromatic carbocycles. The standard InChI is InChI=1S/C33H32BrN3O3S2/c1-23-26-21-25(11-12-30(26)40-31(23)22-38)42-37(15-13-24-7-3-2-4-8-24)29-10-6-5-9-28(29)35-16-18-36(19-17-35)33(39)32-27(34)14-20-41-32/h2-12,14,20-21,38H,13,15-19,22H2,1H3. The Morgan fingerprint density at radius 3 is 2.52 bits per heavy atom. The normalized spacial score (nSPS) is 13.6. The molecule has 0 atom stereocenters. The largest absolute Gasteiger partial charge is 0.458 e. The van der Waals surface area contributed by atoms with Crippen LogP contribution in [0.1, 0.15) is 26.6 Å². The first-order valence-electron chi connectivity index (χ1n) is 14.0. The quantitative estimate of drug-likeness (QED) is 0.163. The monoisotopic (exact) mass is 661 g/mol. The van der Waals surface area contributed by atoms with Crippen molar-refractivity contribution in [2.75, 3.05) is 41.9 Å². The summed E-state index contributed by atoms with van der Waals surface area (Å²) in [7, 11) is 0. The highest BCUT2D eigenvalue weighted by atomic mass is 79.9. The number of anilines is 2. The van der Waals surface area contributed by atoms with Gasteiger partial charge < -0.3 is 23.6 Å². The van der Waals surface area contributed by atoms with Crippen molar-refractivity contribution >= 4 is 67.5 Å². The molecule has 1 aliphatic heterocycles. The molecule has 5 aromatic rings. The van der Waals surface area contributed by atoms with Gasteiger partial charge in [-0.05, 0) is 88.6 Å². The molecular weight excluding hydrogens is 630 g/mol. The van der Waals surface area contributed by atoms with Gasteiger partial charge in [0, 0.05) is 53.0 Å². The Morgan fingerprint density at radius 1 is 1.02 bits per heavy atom. The maximum absolute atomic E-state index is 13.1. The second kappa shape index (κ2) is 13.0. The van der Waals surface area contributed by atoms with Crippen LogP contribution in [0.5, 0.6) is 0 Å². The van der Waals surface area contributed by atoms with Crippen LogP contribution in [0.4, 0.5) is 11.4 Å². The number of aliphatic hydroxyl groups is 1. The molecule has 9 heteroatoms. The first-order chi connectivity index (χ1) is 20.5. The van der Waals surface area contributed by atoms with Gasteiger partial charge in [0.25, 0.3) is 5.91 Å². The Kier molecular flexibility index (Phi) is 8.90. The van der Waals surface area contributed by atoms with E-state index in [-0.39, 0.29) is 12.5 Å². The van der Waals surface area contributed by atoms with Crippen molar-refractivity contribution in [2.24, 2.45) is 0 Å². The molecule has 216 valence electrons. The maximum Gasteiger partial charge on any atom is 0.265 e. The minimum Gasteiger partial charge on any atom is -0.458 e. The summed E-state index contributed by atoms with van der Waals surface area (Å²) < 4.78 is 9.09. The Hall–Kier alpha value is -3.24. The minimum atomic E-state index is -0.108. The number of amides is 1. The lowest BCUT2D eigenvalue weighted by molar-refractivity contribution is 0.0751. The van der Waals surface area contributed by atoms with Crippen LogP contribution in [0.3, 0.4) is 0 Å². The highest BCUT2D eigenvalue weighted by molar-refractivity contribution is 9.10. The molecule has 0 saturated carbocycles. The van der Waals surface area contributed by atoms with Crippen molar-refractivity contribution < 1.29 is 14.3 Å². The summed E-state index contributed by atoms with van der Waals surface area (Å²) in [6.07, 6.45) is 0.905. The van der Waals surface area contributed by atoms with Crippen molar-refractivity contribution in [3.05, 3.63) is 110 Å². The van der Waals surface area contributed by atoms with E-state index in [2.05, 4.69) is 91.9 Å². The van der Waals surface area contributed by atoms with Crippen molar-refractivity contribution in [3.8, 4) is 0 Å². The van der Waals surface area contributed by atoms with Crippen LogP contribution in [-0.2, 0) is 13.0 Å². The average Bonchev–Trinajstić information content (AvgIpc) is 3.61. The summed E-state index contributed by atoms with van der Waals surface area (Å²) in [6, 6.07) is 27.3. The smallest absolute Gasteiger partial charge is 0.265 e. The van der Waals surface area contributed by atoms with Crippen LogP contribution >= 0.6 is 39.2 Å². The van der Waals surface area contributed by atoms with Gasteiger partial charge in [0.15, 0.2) is 0 Å². The lowest BCUT2D eigenvalue weighted by Gasteiger charge is -2.38. The zero-order valence-electron chi connectivity index (χ0n) is 23.3. The van der Waals surface area contributed by atoms with E-state index in [1.165, 1.54) is 22.6 Å². The van der Waals surface area contributed by atoms with Crippen molar-refractivity contribution in [3.63, 3.8) is 0 Å². The third kappa shape index (κ3) is 6.10. The number of piperazine rings is 1. The summed E-state index contributed by atoms with van der Waals surface area (Å²) in [4.78, 5) is 19.3. The highest BCUT2D eigenvalue weighted by Gasteiger charge is 2.26. The number of benzene rings is 3. The lowest BCUT2D eigenvalue weighted by Crippen LogP contribution is -2.49. The molecule has 42 heavy (non-hydrogen) atoms. The second-order valence-corrected chi connectivity index (χ2v) is 13.1. The Bertz CT molecular complexity index is 1680. The topological polar surface area (TPSA) is 60.2 Å². The van der Waals surface area contributed by atoms with Gasteiger partial charge in [-0.15, -0.1) is 11.3 Å². The third-order valence-electron chi connectivity index (χ3n) is 7.68. The third-order valence-corrected chi connectivity index (χ3v) is 10.6. The molecule has 0 aliphatic carbocycles. The molecule has 0 unspecified atom stereocenters. The molecule has 1 fully saturated rings. The number of thiophene rings is 1. The number of aliphatic hydroxyl groups excluding tert-OH is 1. The second-order valence-electron chi connectivity index (χ2n) is 10.3. The summed E-state index contributed by atoms with van der Waals surface area (Å²) in [5, 5.41) is 12.7. The molecule has 3 heterocycles. The molecule has 6 rings (SSSR count). The molecule has 1 amide bonds. The number of carbonyl (C=O) groups is 1. The van der Waals surface area contributed by atoms with E-state index >= 15 is 0 Å². The minimum absolute atomic E-state index is 0.0964. The van der Waals surface area contributed by atoms with Crippen LogP contribution in [0.2, 0.25) is 0 Å². The summed E-state index contributed by atoms with van der Waals surface area (Å²) in [5.41, 5.74) is 5.39. The van der Waals surface area contributed by atoms with Gasteiger partial charge in [-0.1, -0.05) is 42.5 Å².